The minimum absolute atomic E-state index is 0.00838. The predicted molar refractivity (Wildman–Crippen MR) is 125 cm³/mol. The highest BCUT2D eigenvalue weighted by atomic mass is 32.2. The quantitative estimate of drug-likeness (QED) is 0.552. The molecule has 2 aromatic carbocycles. The summed E-state index contributed by atoms with van der Waals surface area (Å²) in [4.78, 5) is 21.4. The molecule has 2 saturated heterocycles. The van der Waals surface area contributed by atoms with Gasteiger partial charge >= 0.3 is 0 Å². The molecule has 0 N–H and O–H groups in total. The Morgan fingerprint density at radius 2 is 1.76 bits per heavy atom. The molecule has 0 saturated carbocycles. The first-order chi connectivity index (χ1) is 15.9. The van der Waals surface area contributed by atoms with Gasteiger partial charge in [0.15, 0.2) is 0 Å². The highest BCUT2D eigenvalue weighted by molar-refractivity contribution is 7.89. The van der Waals surface area contributed by atoms with Crippen LogP contribution in [0, 0.1) is 5.82 Å². The third-order valence-electron chi connectivity index (χ3n) is 6.34. The number of likely N-dealkylation sites (tertiary alicyclic amines) is 1. The van der Waals surface area contributed by atoms with Gasteiger partial charge < -0.3 is 4.90 Å². The average molecular weight is 489 g/mol. The van der Waals surface area contributed by atoms with Crippen molar-refractivity contribution in [3.05, 3.63) is 59.4 Å². The molecule has 1 aromatic heterocycles. The minimum Gasteiger partial charge on any atom is -0.339 e. The molecular weight excluding hydrogens is 463 g/mol. The second kappa shape index (κ2) is 9.09. The summed E-state index contributed by atoms with van der Waals surface area (Å²) in [6, 6.07) is 13.6. The van der Waals surface area contributed by atoms with E-state index < -0.39 is 15.8 Å². The highest BCUT2D eigenvalue weighted by Gasteiger charge is 2.34. The van der Waals surface area contributed by atoms with Crippen LogP contribution in [-0.2, 0) is 14.8 Å². The van der Waals surface area contributed by atoms with Gasteiger partial charge in [-0.15, -0.1) is 11.3 Å². The predicted octanol–water partition coefficient (Wildman–Crippen LogP) is 3.11. The number of carbonyl (C=O) groups is 1. The SMILES string of the molecule is O=C(CN1CCC[C@H]1c1nc2ccccc2s1)N1CCN(S(=O)(=O)c2ccccc2F)CC1. The number of sulfonamides is 1. The van der Waals surface area contributed by atoms with Gasteiger partial charge in [0, 0.05) is 26.2 Å². The number of carbonyl (C=O) groups excluding carboxylic acids is 1. The Morgan fingerprint density at radius 1 is 1.03 bits per heavy atom. The first-order valence-electron chi connectivity index (χ1n) is 11.1. The van der Waals surface area contributed by atoms with Crippen LogP contribution in [0.25, 0.3) is 10.2 Å². The molecule has 2 aliphatic heterocycles. The Labute approximate surface area is 196 Å². The normalized spacial score (nSPS) is 20.5. The fourth-order valence-electron chi connectivity index (χ4n) is 4.57. The second-order valence-electron chi connectivity index (χ2n) is 8.36. The number of benzene rings is 2. The lowest BCUT2D eigenvalue weighted by molar-refractivity contribution is -0.133. The molecule has 7 nitrogen and oxygen atoms in total. The highest BCUT2D eigenvalue weighted by Crippen LogP contribution is 2.36. The summed E-state index contributed by atoms with van der Waals surface area (Å²) >= 11 is 1.68. The van der Waals surface area contributed by atoms with Crippen molar-refractivity contribution >= 4 is 37.5 Å². The third-order valence-corrected chi connectivity index (χ3v) is 9.41. The molecule has 33 heavy (non-hydrogen) atoms. The number of rotatable bonds is 5. The summed E-state index contributed by atoms with van der Waals surface area (Å²) in [6.45, 7) is 2.04. The van der Waals surface area contributed by atoms with Crippen molar-refractivity contribution < 1.29 is 17.6 Å². The topological polar surface area (TPSA) is 73.8 Å². The second-order valence-corrected chi connectivity index (χ2v) is 11.3. The van der Waals surface area contributed by atoms with E-state index in [0.29, 0.717) is 19.6 Å². The number of hydrogen-bond acceptors (Lipinski definition) is 6. The molecule has 0 bridgehead atoms. The lowest BCUT2D eigenvalue weighted by Gasteiger charge is -2.35. The monoisotopic (exact) mass is 488 g/mol. The van der Waals surface area contributed by atoms with Gasteiger partial charge in [-0.1, -0.05) is 24.3 Å². The Bertz CT molecular complexity index is 1240. The van der Waals surface area contributed by atoms with Crippen LogP contribution in [-0.4, -0.2) is 72.7 Å². The zero-order chi connectivity index (χ0) is 23.0. The van der Waals surface area contributed by atoms with E-state index in [1.165, 1.54) is 22.5 Å². The number of para-hydroxylation sites is 1. The lowest BCUT2D eigenvalue weighted by Crippen LogP contribution is -2.52. The van der Waals surface area contributed by atoms with Crippen molar-refractivity contribution in [3.63, 3.8) is 0 Å². The molecule has 0 aliphatic carbocycles. The van der Waals surface area contributed by atoms with E-state index in [2.05, 4.69) is 11.0 Å². The fourth-order valence-corrected chi connectivity index (χ4v) is 7.20. The Kier molecular flexibility index (Phi) is 6.17. The van der Waals surface area contributed by atoms with Gasteiger partial charge in [-0.3, -0.25) is 9.69 Å². The van der Waals surface area contributed by atoms with Crippen LogP contribution in [0.5, 0.6) is 0 Å². The molecule has 0 radical (unpaired) electrons. The van der Waals surface area contributed by atoms with Crippen LogP contribution in [0.2, 0.25) is 0 Å². The molecule has 2 aliphatic rings. The summed E-state index contributed by atoms with van der Waals surface area (Å²) in [5.41, 5.74) is 0.989. The van der Waals surface area contributed by atoms with Crippen LogP contribution in [0.3, 0.4) is 0 Å². The van der Waals surface area contributed by atoms with Crippen molar-refractivity contribution in [2.45, 2.75) is 23.8 Å². The third kappa shape index (κ3) is 4.40. The van der Waals surface area contributed by atoms with Gasteiger partial charge in [-0.05, 0) is 43.7 Å². The largest absolute Gasteiger partial charge is 0.339 e. The zero-order valence-electron chi connectivity index (χ0n) is 18.1. The summed E-state index contributed by atoms with van der Waals surface area (Å²) in [5.74, 6) is -0.767. The summed E-state index contributed by atoms with van der Waals surface area (Å²) < 4.78 is 42.1. The molecule has 1 atom stereocenters. The van der Waals surface area contributed by atoms with Gasteiger partial charge in [0.25, 0.3) is 0 Å². The van der Waals surface area contributed by atoms with E-state index in [9.17, 15) is 17.6 Å². The van der Waals surface area contributed by atoms with Gasteiger partial charge in [0.2, 0.25) is 15.9 Å². The van der Waals surface area contributed by atoms with Crippen LogP contribution in [0.4, 0.5) is 4.39 Å². The van der Waals surface area contributed by atoms with Crippen molar-refractivity contribution in [2.75, 3.05) is 39.3 Å². The van der Waals surface area contributed by atoms with Crippen LogP contribution >= 0.6 is 11.3 Å². The smallest absolute Gasteiger partial charge is 0.246 e. The number of nitrogens with zero attached hydrogens (tertiary/aromatic N) is 4. The Balaban J connectivity index is 1.22. The van der Waals surface area contributed by atoms with Gasteiger partial charge in [-0.25, -0.2) is 17.8 Å². The molecule has 10 heteroatoms. The first-order valence-corrected chi connectivity index (χ1v) is 13.3. The van der Waals surface area contributed by atoms with Gasteiger partial charge in [0.1, 0.15) is 15.7 Å². The van der Waals surface area contributed by atoms with Crippen molar-refractivity contribution in [1.29, 1.82) is 0 Å². The molecule has 2 fully saturated rings. The number of fused-ring (bicyclic) bond motifs is 1. The number of halogens is 1. The lowest BCUT2D eigenvalue weighted by atomic mass is 10.2. The molecule has 174 valence electrons. The summed E-state index contributed by atoms with van der Waals surface area (Å²) in [6.07, 6.45) is 1.99. The Hall–Kier alpha value is -2.40. The number of thiazole rings is 1. The number of aromatic nitrogens is 1. The Morgan fingerprint density at radius 3 is 2.52 bits per heavy atom. The van der Waals surface area contributed by atoms with E-state index in [0.717, 1.165) is 40.7 Å². The van der Waals surface area contributed by atoms with E-state index in [4.69, 9.17) is 4.98 Å². The van der Waals surface area contributed by atoms with E-state index in [1.54, 1.807) is 16.2 Å². The first kappa shape index (κ1) is 22.4. The molecular formula is C23H25FN4O3S2. The molecule has 3 heterocycles. The van der Waals surface area contributed by atoms with Crippen molar-refractivity contribution in [2.24, 2.45) is 0 Å². The maximum atomic E-state index is 14.0. The molecule has 1 amide bonds. The van der Waals surface area contributed by atoms with Crippen LogP contribution in [0.15, 0.2) is 53.4 Å². The zero-order valence-corrected chi connectivity index (χ0v) is 19.7. The molecule has 0 spiro atoms. The van der Waals surface area contributed by atoms with E-state index >= 15 is 0 Å². The van der Waals surface area contributed by atoms with Crippen LogP contribution < -0.4 is 0 Å². The van der Waals surface area contributed by atoms with Crippen LogP contribution in [0.1, 0.15) is 23.9 Å². The maximum Gasteiger partial charge on any atom is 0.246 e. The maximum absolute atomic E-state index is 14.0. The van der Waals surface area contributed by atoms with Gasteiger partial charge in [-0.2, -0.15) is 4.31 Å². The van der Waals surface area contributed by atoms with E-state index in [-0.39, 0.29) is 29.9 Å². The number of piperazine rings is 1. The summed E-state index contributed by atoms with van der Waals surface area (Å²) in [5, 5.41) is 1.04. The molecule has 0 unspecified atom stereocenters. The van der Waals surface area contributed by atoms with Crippen molar-refractivity contribution in [3.8, 4) is 0 Å². The minimum atomic E-state index is -3.92. The van der Waals surface area contributed by atoms with E-state index in [1.807, 2.05) is 18.2 Å². The average Bonchev–Trinajstić information content (AvgIpc) is 3.45. The van der Waals surface area contributed by atoms with Gasteiger partial charge in [0.05, 0.1) is 22.8 Å². The molecule has 3 aromatic rings. The molecule has 5 rings (SSSR count). The summed E-state index contributed by atoms with van der Waals surface area (Å²) in [7, 11) is -3.92. The number of hydrogen-bond donors (Lipinski definition) is 0. The number of amides is 1. The standard InChI is InChI=1S/C23H25FN4O3S2/c24-17-6-1-4-10-21(17)33(30,31)28-14-12-26(13-15-28)22(29)16-27-11-5-8-19(27)23-25-18-7-2-3-9-20(18)32-23/h1-4,6-7,9-10,19H,5,8,11-16H2/t19-/m0/s1. The van der Waals surface area contributed by atoms with Crippen molar-refractivity contribution in [1.82, 2.24) is 19.1 Å². The fraction of sp³-hybridized carbons (Fsp3) is 0.391.